The predicted octanol–water partition coefficient (Wildman–Crippen LogP) is 0.407. The van der Waals surface area contributed by atoms with Crippen LogP contribution in [0.5, 0.6) is 0 Å². The number of rotatable bonds is 5. The van der Waals surface area contributed by atoms with Gasteiger partial charge in [-0.25, -0.2) is 0 Å². The van der Waals surface area contributed by atoms with Gasteiger partial charge >= 0.3 is 0 Å². The van der Waals surface area contributed by atoms with Gasteiger partial charge in [-0.05, 0) is 46.2 Å². The van der Waals surface area contributed by atoms with E-state index in [4.69, 9.17) is 0 Å². The number of hydrogen-bond donors (Lipinski definition) is 3. The van der Waals surface area contributed by atoms with Crippen LogP contribution in [0.15, 0.2) is 0 Å². The third kappa shape index (κ3) is 3.98. The molecule has 2 amide bonds. The molecule has 1 rings (SSSR count). The largest absolute Gasteiger partial charge is 0.352 e. The van der Waals surface area contributed by atoms with E-state index in [0.717, 1.165) is 32.4 Å². The summed E-state index contributed by atoms with van der Waals surface area (Å²) in [5, 5.41) is 8.80. The van der Waals surface area contributed by atoms with Crippen LogP contribution < -0.4 is 16.0 Å². The molecule has 1 saturated heterocycles. The highest BCUT2D eigenvalue weighted by Crippen LogP contribution is 2.32. The number of hydrogen-bond acceptors (Lipinski definition) is 3. The quantitative estimate of drug-likeness (QED) is 0.666. The van der Waals surface area contributed by atoms with Crippen LogP contribution >= 0.6 is 0 Å². The topological polar surface area (TPSA) is 70.2 Å². The van der Waals surface area contributed by atoms with Gasteiger partial charge < -0.3 is 16.0 Å². The van der Waals surface area contributed by atoms with Crippen molar-refractivity contribution in [1.29, 1.82) is 0 Å². The van der Waals surface area contributed by atoms with Gasteiger partial charge in [-0.2, -0.15) is 0 Å². The highest BCUT2D eigenvalue weighted by Gasteiger charge is 2.37. The molecule has 5 nitrogen and oxygen atoms in total. The molecule has 0 unspecified atom stereocenters. The Bertz CT molecular complexity index is 297. The second-order valence-corrected chi connectivity index (χ2v) is 5.29. The SMILES string of the molecule is CCC1(C(=O)NCC(=O)NC(C)C)CCNCC1. The van der Waals surface area contributed by atoms with E-state index >= 15 is 0 Å². The summed E-state index contributed by atoms with van der Waals surface area (Å²) in [4.78, 5) is 23.7. The molecule has 1 fully saturated rings. The van der Waals surface area contributed by atoms with E-state index < -0.39 is 0 Å². The standard InChI is InChI=1S/C13H25N3O2/c1-4-13(5-7-14-8-6-13)12(18)15-9-11(17)16-10(2)3/h10,14H,4-9H2,1-3H3,(H,15,18)(H,16,17). The normalized spacial score (nSPS) is 18.4. The Labute approximate surface area is 109 Å². The molecule has 0 spiro atoms. The summed E-state index contributed by atoms with van der Waals surface area (Å²) < 4.78 is 0. The Morgan fingerprint density at radius 1 is 1.28 bits per heavy atom. The molecule has 0 aliphatic carbocycles. The molecule has 5 heteroatoms. The van der Waals surface area contributed by atoms with E-state index in [9.17, 15) is 9.59 Å². The zero-order valence-electron chi connectivity index (χ0n) is 11.6. The molecule has 0 aromatic rings. The molecule has 0 atom stereocenters. The van der Waals surface area contributed by atoms with Crippen molar-refractivity contribution in [3.8, 4) is 0 Å². The van der Waals surface area contributed by atoms with Crippen molar-refractivity contribution < 1.29 is 9.59 Å². The lowest BCUT2D eigenvalue weighted by Gasteiger charge is -2.35. The minimum atomic E-state index is -0.288. The smallest absolute Gasteiger partial charge is 0.239 e. The van der Waals surface area contributed by atoms with Crippen molar-refractivity contribution in [2.45, 2.75) is 46.1 Å². The third-order valence-electron chi connectivity index (χ3n) is 3.58. The van der Waals surface area contributed by atoms with E-state index in [1.54, 1.807) is 0 Å². The van der Waals surface area contributed by atoms with Crippen molar-refractivity contribution in [1.82, 2.24) is 16.0 Å². The van der Waals surface area contributed by atoms with Crippen LogP contribution in [-0.4, -0.2) is 37.5 Å². The highest BCUT2D eigenvalue weighted by molar-refractivity contribution is 5.88. The highest BCUT2D eigenvalue weighted by atomic mass is 16.2. The molecule has 3 N–H and O–H groups in total. The molecular weight excluding hydrogens is 230 g/mol. The fourth-order valence-electron chi connectivity index (χ4n) is 2.37. The minimum Gasteiger partial charge on any atom is -0.352 e. The molecule has 104 valence electrons. The molecule has 1 heterocycles. The number of piperidine rings is 1. The maximum Gasteiger partial charge on any atom is 0.239 e. The summed E-state index contributed by atoms with van der Waals surface area (Å²) >= 11 is 0. The summed E-state index contributed by atoms with van der Waals surface area (Å²) in [7, 11) is 0. The molecule has 0 saturated carbocycles. The van der Waals surface area contributed by atoms with Crippen molar-refractivity contribution >= 4 is 11.8 Å². The lowest BCUT2D eigenvalue weighted by atomic mass is 9.76. The first-order chi connectivity index (χ1) is 8.50. The Balaban J connectivity index is 2.45. The van der Waals surface area contributed by atoms with Gasteiger partial charge in [0.2, 0.25) is 11.8 Å². The lowest BCUT2D eigenvalue weighted by molar-refractivity contribution is -0.135. The Morgan fingerprint density at radius 2 is 1.89 bits per heavy atom. The summed E-state index contributed by atoms with van der Waals surface area (Å²) in [5.41, 5.74) is -0.288. The van der Waals surface area contributed by atoms with Gasteiger partial charge in [0.25, 0.3) is 0 Å². The summed E-state index contributed by atoms with van der Waals surface area (Å²) in [6.45, 7) is 7.67. The fourth-order valence-corrected chi connectivity index (χ4v) is 2.37. The fraction of sp³-hybridized carbons (Fsp3) is 0.846. The predicted molar refractivity (Wildman–Crippen MR) is 71.1 cm³/mol. The van der Waals surface area contributed by atoms with Crippen LogP contribution in [0.3, 0.4) is 0 Å². The average molecular weight is 255 g/mol. The zero-order valence-corrected chi connectivity index (χ0v) is 11.6. The van der Waals surface area contributed by atoms with Crippen LogP contribution in [0.25, 0.3) is 0 Å². The number of nitrogens with one attached hydrogen (secondary N) is 3. The van der Waals surface area contributed by atoms with Crippen LogP contribution in [0.4, 0.5) is 0 Å². The number of amides is 2. The molecule has 1 aliphatic rings. The lowest BCUT2D eigenvalue weighted by Crippen LogP contribution is -2.49. The molecule has 0 bridgehead atoms. The molecular formula is C13H25N3O2. The Morgan fingerprint density at radius 3 is 2.39 bits per heavy atom. The second-order valence-electron chi connectivity index (χ2n) is 5.29. The van der Waals surface area contributed by atoms with E-state index in [1.165, 1.54) is 0 Å². The molecule has 0 radical (unpaired) electrons. The summed E-state index contributed by atoms with van der Waals surface area (Å²) in [5.74, 6) is -0.107. The number of carbonyl (C=O) groups excluding carboxylic acids is 2. The van der Waals surface area contributed by atoms with Crippen molar-refractivity contribution in [2.75, 3.05) is 19.6 Å². The maximum atomic E-state index is 12.2. The zero-order chi connectivity index (χ0) is 13.6. The summed E-state index contributed by atoms with van der Waals surface area (Å²) in [6, 6.07) is 0.105. The van der Waals surface area contributed by atoms with Crippen molar-refractivity contribution in [3.05, 3.63) is 0 Å². The monoisotopic (exact) mass is 255 g/mol. The van der Waals surface area contributed by atoms with E-state index in [1.807, 2.05) is 20.8 Å². The van der Waals surface area contributed by atoms with Gasteiger partial charge in [-0.1, -0.05) is 6.92 Å². The van der Waals surface area contributed by atoms with Crippen LogP contribution in [0.1, 0.15) is 40.0 Å². The van der Waals surface area contributed by atoms with Gasteiger partial charge in [0, 0.05) is 6.04 Å². The average Bonchev–Trinajstić information content (AvgIpc) is 2.36. The molecule has 1 aliphatic heterocycles. The third-order valence-corrected chi connectivity index (χ3v) is 3.58. The first-order valence-electron chi connectivity index (χ1n) is 6.78. The van der Waals surface area contributed by atoms with Crippen molar-refractivity contribution in [3.63, 3.8) is 0 Å². The van der Waals surface area contributed by atoms with E-state index in [-0.39, 0.29) is 29.8 Å². The second kappa shape index (κ2) is 6.73. The van der Waals surface area contributed by atoms with E-state index in [0.29, 0.717) is 0 Å². The van der Waals surface area contributed by atoms with Gasteiger partial charge in [0.1, 0.15) is 0 Å². The van der Waals surface area contributed by atoms with Gasteiger partial charge in [0.15, 0.2) is 0 Å². The van der Waals surface area contributed by atoms with Gasteiger partial charge in [-0.15, -0.1) is 0 Å². The van der Waals surface area contributed by atoms with Gasteiger partial charge in [-0.3, -0.25) is 9.59 Å². The first kappa shape index (κ1) is 15.0. The summed E-state index contributed by atoms with van der Waals surface area (Å²) in [6.07, 6.45) is 2.52. The molecule has 18 heavy (non-hydrogen) atoms. The minimum absolute atomic E-state index is 0.0189. The van der Waals surface area contributed by atoms with Crippen LogP contribution in [0.2, 0.25) is 0 Å². The van der Waals surface area contributed by atoms with E-state index in [2.05, 4.69) is 16.0 Å². The van der Waals surface area contributed by atoms with Crippen molar-refractivity contribution in [2.24, 2.45) is 5.41 Å². The number of carbonyl (C=O) groups is 2. The molecule has 0 aromatic heterocycles. The Hall–Kier alpha value is -1.10. The van der Waals surface area contributed by atoms with Crippen LogP contribution in [-0.2, 0) is 9.59 Å². The van der Waals surface area contributed by atoms with Crippen LogP contribution in [0, 0.1) is 5.41 Å². The Kier molecular flexibility index (Phi) is 5.59. The molecule has 0 aromatic carbocycles. The first-order valence-corrected chi connectivity index (χ1v) is 6.78. The maximum absolute atomic E-state index is 12.2. The van der Waals surface area contributed by atoms with Gasteiger partial charge in [0.05, 0.1) is 12.0 Å².